The predicted molar refractivity (Wildman–Crippen MR) is 144 cm³/mol. The van der Waals surface area contributed by atoms with Gasteiger partial charge in [-0.1, -0.05) is 48.5 Å². The highest BCUT2D eigenvalue weighted by molar-refractivity contribution is 5.79. The molecule has 0 heterocycles. The van der Waals surface area contributed by atoms with Crippen LogP contribution in [0.3, 0.4) is 0 Å². The van der Waals surface area contributed by atoms with Crippen molar-refractivity contribution in [1.29, 1.82) is 0 Å². The molecule has 0 bridgehead atoms. The van der Waals surface area contributed by atoms with Crippen molar-refractivity contribution in [3.8, 4) is 11.1 Å². The van der Waals surface area contributed by atoms with Crippen LogP contribution in [0.25, 0.3) is 11.1 Å². The topological polar surface area (TPSA) is 104 Å². The van der Waals surface area contributed by atoms with Gasteiger partial charge in [0.15, 0.2) is 0 Å². The molecule has 9 heteroatoms. The number of hydrogen-bond acceptors (Lipinski definition) is 7. The molecule has 2 aromatic rings. The van der Waals surface area contributed by atoms with E-state index in [2.05, 4.69) is 34.9 Å². The smallest absolute Gasteiger partial charge is 0.407 e. The molecule has 2 aromatic carbocycles. The fraction of sp³-hybridized carbons (Fsp3) is 0.517. The summed E-state index contributed by atoms with van der Waals surface area (Å²) < 4.78 is 27.0. The van der Waals surface area contributed by atoms with Gasteiger partial charge in [0.05, 0.1) is 33.0 Å². The van der Waals surface area contributed by atoms with Crippen molar-refractivity contribution in [2.45, 2.75) is 38.7 Å². The monoisotopic (exact) mass is 528 g/mol. The first-order valence-corrected chi connectivity index (χ1v) is 13.1. The molecule has 1 aliphatic carbocycles. The third kappa shape index (κ3) is 9.96. The summed E-state index contributed by atoms with van der Waals surface area (Å²) in [4.78, 5) is 23.7. The molecular formula is C29H40N2O7. The minimum Gasteiger partial charge on any atom is -0.449 e. The standard InChI is InChI=1S/C29H40N2O7/c1-29(2,3)38-28(33)31-14-16-35-18-20-36-19-17-34-15-8-13-30-27(32)37-21-26-24-11-6-4-9-22(24)23-10-5-7-12-25(23)26/h4-7,9-12,26H,8,13-21H2,1-3H3,(H,30,32)(H,31,33). The third-order valence-electron chi connectivity index (χ3n) is 5.74. The Labute approximate surface area is 225 Å². The van der Waals surface area contributed by atoms with Gasteiger partial charge in [-0.15, -0.1) is 0 Å². The Balaban J connectivity index is 1.14. The van der Waals surface area contributed by atoms with E-state index in [1.807, 2.05) is 45.0 Å². The maximum atomic E-state index is 12.2. The lowest BCUT2D eigenvalue weighted by molar-refractivity contribution is 0.0136. The Kier molecular flexibility index (Phi) is 11.9. The molecule has 2 amide bonds. The van der Waals surface area contributed by atoms with Crippen molar-refractivity contribution in [2.24, 2.45) is 0 Å². The highest BCUT2D eigenvalue weighted by Gasteiger charge is 2.28. The van der Waals surface area contributed by atoms with Crippen molar-refractivity contribution >= 4 is 12.2 Å². The van der Waals surface area contributed by atoms with Crippen LogP contribution in [0, 0.1) is 0 Å². The van der Waals surface area contributed by atoms with Gasteiger partial charge in [0, 0.05) is 25.6 Å². The van der Waals surface area contributed by atoms with Gasteiger partial charge in [-0.05, 0) is 49.4 Å². The molecule has 9 nitrogen and oxygen atoms in total. The minimum absolute atomic E-state index is 0.0517. The van der Waals surface area contributed by atoms with Gasteiger partial charge >= 0.3 is 12.2 Å². The normalized spacial score (nSPS) is 12.5. The molecular weight excluding hydrogens is 488 g/mol. The fourth-order valence-electron chi connectivity index (χ4n) is 4.10. The van der Waals surface area contributed by atoms with Crippen LogP contribution in [0.15, 0.2) is 48.5 Å². The van der Waals surface area contributed by atoms with Crippen molar-refractivity contribution in [3.05, 3.63) is 59.7 Å². The molecule has 0 saturated carbocycles. The minimum atomic E-state index is -0.514. The molecule has 0 radical (unpaired) electrons. The maximum absolute atomic E-state index is 12.2. The van der Waals surface area contributed by atoms with Crippen LogP contribution in [0.5, 0.6) is 0 Å². The molecule has 2 N–H and O–H groups in total. The summed E-state index contributed by atoms with van der Waals surface area (Å²) in [7, 11) is 0. The molecule has 0 saturated heterocycles. The number of carbonyl (C=O) groups is 2. The number of carbonyl (C=O) groups excluding carboxylic acids is 2. The lowest BCUT2D eigenvalue weighted by Gasteiger charge is -2.19. The van der Waals surface area contributed by atoms with Gasteiger partial charge in [0.2, 0.25) is 0 Å². The Morgan fingerprint density at radius 2 is 1.24 bits per heavy atom. The Bertz CT molecular complexity index is 976. The summed E-state index contributed by atoms with van der Waals surface area (Å²) in [6.07, 6.45) is -0.197. The molecule has 0 fully saturated rings. The van der Waals surface area contributed by atoms with Crippen LogP contribution < -0.4 is 10.6 Å². The first-order chi connectivity index (χ1) is 18.3. The van der Waals surface area contributed by atoms with E-state index >= 15 is 0 Å². The second kappa shape index (κ2) is 15.3. The molecule has 3 rings (SSSR count). The zero-order valence-corrected chi connectivity index (χ0v) is 22.6. The summed E-state index contributed by atoms with van der Waals surface area (Å²) in [5.74, 6) is 0.0517. The van der Waals surface area contributed by atoms with Crippen LogP contribution in [0.4, 0.5) is 9.59 Å². The van der Waals surface area contributed by atoms with Crippen LogP contribution >= 0.6 is 0 Å². The zero-order chi connectivity index (χ0) is 27.2. The average molecular weight is 529 g/mol. The predicted octanol–water partition coefficient (Wildman–Crippen LogP) is 4.49. The number of rotatable bonds is 15. The molecule has 0 spiro atoms. The Hall–Kier alpha value is -3.14. The molecule has 38 heavy (non-hydrogen) atoms. The van der Waals surface area contributed by atoms with E-state index in [1.165, 1.54) is 22.3 Å². The summed E-state index contributed by atoms with van der Waals surface area (Å²) in [5, 5.41) is 5.41. The van der Waals surface area contributed by atoms with E-state index in [4.69, 9.17) is 23.7 Å². The zero-order valence-electron chi connectivity index (χ0n) is 22.6. The summed E-state index contributed by atoms with van der Waals surface area (Å²) in [6.45, 7) is 9.29. The number of amides is 2. The quantitative estimate of drug-likeness (QED) is 0.328. The van der Waals surface area contributed by atoms with Gasteiger partial charge in [-0.3, -0.25) is 0 Å². The van der Waals surface area contributed by atoms with E-state index in [9.17, 15) is 9.59 Å². The van der Waals surface area contributed by atoms with Gasteiger partial charge in [0.1, 0.15) is 12.2 Å². The number of fused-ring (bicyclic) bond motifs is 3. The lowest BCUT2D eigenvalue weighted by Crippen LogP contribution is -2.34. The molecule has 0 aromatic heterocycles. The second-order valence-electron chi connectivity index (χ2n) is 9.87. The number of alkyl carbamates (subject to hydrolysis) is 2. The summed E-state index contributed by atoms with van der Waals surface area (Å²) in [5.41, 5.74) is 4.29. The fourth-order valence-corrected chi connectivity index (χ4v) is 4.10. The molecule has 0 atom stereocenters. The average Bonchev–Trinajstić information content (AvgIpc) is 3.20. The van der Waals surface area contributed by atoms with E-state index in [0.29, 0.717) is 65.8 Å². The van der Waals surface area contributed by atoms with Gasteiger partial charge in [0.25, 0.3) is 0 Å². The first-order valence-electron chi connectivity index (χ1n) is 13.1. The first kappa shape index (κ1) is 29.4. The molecule has 1 aliphatic rings. The lowest BCUT2D eigenvalue weighted by atomic mass is 9.98. The summed E-state index contributed by atoms with van der Waals surface area (Å²) >= 11 is 0. The second-order valence-corrected chi connectivity index (χ2v) is 9.87. The van der Waals surface area contributed by atoms with Gasteiger partial charge in [-0.2, -0.15) is 0 Å². The van der Waals surface area contributed by atoms with E-state index in [1.54, 1.807) is 0 Å². The van der Waals surface area contributed by atoms with Crippen molar-refractivity contribution in [3.63, 3.8) is 0 Å². The van der Waals surface area contributed by atoms with E-state index in [-0.39, 0.29) is 5.92 Å². The van der Waals surface area contributed by atoms with Crippen molar-refractivity contribution in [1.82, 2.24) is 10.6 Å². The Morgan fingerprint density at radius 3 is 1.84 bits per heavy atom. The molecule has 0 aliphatic heterocycles. The van der Waals surface area contributed by atoms with Gasteiger partial charge < -0.3 is 34.3 Å². The Morgan fingerprint density at radius 1 is 0.711 bits per heavy atom. The number of benzene rings is 2. The van der Waals surface area contributed by atoms with E-state index < -0.39 is 17.8 Å². The SMILES string of the molecule is CC(C)(C)OC(=O)NCCOCCOCCOCCCNC(=O)OCC1c2ccccc2-c2ccccc21. The number of nitrogens with one attached hydrogen (secondary N) is 2. The molecule has 208 valence electrons. The van der Waals surface area contributed by atoms with Crippen LogP contribution in [-0.2, 0) is 23.7 Å². The van der Waals surface area contributed by atoms with Crippen LogP contribution in [0.1, 0.15) is 44.2 Å². The van der Waals surface area contributed by atoms with Crippen molar-refractivity contribution in [2.75, 3.05) is 59.3 Å². The molecule has 0 unspecified atom stereocenters. The number of ether oxygens (including phenoxy) is 5. The van der Waals surface area contributed by atoms with E-state index in [0.717, 1.165) is 0 Å². The third-order valence-corrected chi connectivity index (χ3v) is 5.74. The number of hydrogen-bond donors (Lipinski definition) is 2. The highest BCUT2D eigenvalue weighted by atomic mass is 16.6. The maximum Gasteiger partial charge on any atom is 0.407 e. The highest BCUT2D eigenvalue weighted by Crippen LogP contribution is 2.44. The van der Waals surface area contributed by atoms with Crippen LogP contribution in [-0.4, -0.2) is 77.1 Å². The summed E-state index contributed by atoms with van der Waals surface area (Å²) in [6, 6.07) is 16.5. The largest absolute Gasteiger partial charge is 0.449 e. The van der Waals surface area contributed by atoms with Crippen molar-refractivity contribution < 1.29 is 33.3 Å². The van der Waals surface area contributed by atoms with Crippen LogP contribution in [0.2, 0.25) is 0 Å². The van der Waals surface area contributed by atoms with Gasteiger partial charge in [-0.25, -0.2) is 9.59 Å².